The lowest BCUT2D eigenvalue weighted by atomic mass is 10.2. The summed E-state index contributed by atoms with van der Waals surface area (Å²) in [5.74, 6) is 0.639. The quantitative estimate of drug-likeness (QED) is 0.914. The minimum absolute atomic E-state index is 0.0364. The van der Waals surface area contributed by atoms with Gasteiger partial charge in [-0.05, 0) is 30.3 Å². The van der Waals surface area contributed by atoms with Crippen LogP contribution in [0.3, 0.4) is 0 Å². The van der Waals surface area contributed by atoms with Gasteiger partial charge < -0.3 is 15.4 Å². The zero-order chi connectivity index (χ0) is 15.5. The second kappa shape index (κ2) is 6.11. The molecule has 1 aliphatic heterocycles. The zero-order valence-corrected chi connectivity index (χ0v) is 12.7. The van der Waals surface area contributed by atoms with E-state index < -0.39 is 0 Å². The summed E-state index contributed by atoms with van der Waals surface area (Å²) in [6.45, 7) is 0. The molecule has 6 heteroatoms. The van der Waals surface area contributed by atoms with E-state index >= 15 is 0 Å². The maximum absolute atomic E-state index is 12.3. The van der Waals surface area contributed by atoms with Crippen LogP contribution >= 0.6 is 11.8 Å². The Morgan fingerprint density at radius 2 is 2.09 bits per heavy atom. The number of ether oxygens (including phenoxy) is 1. The van der Waals surface area contributed by atoms with Crippen molar-refractivity contribution < 1.29 is 14.3 Å². The first-order valence-electron chi connectivity index (χ1n) is 6.68. The van der Waals surface area contributed by atoms with Crippen LogP contribution in [0, 0.1) is 0 Å². The molecule has 112 valence electrons. The zero-order valence-electron chi connectivity index (χ0n) is 11.9. The lowest BCUT2D eigenvalue weighted by Crippen LogP contribution is -2.19. The highest BCUT2D eigenvalue weighted by Gasteiger charge is 2.17. The highest BCUT2D eigenvalue weighted by atomic mass is 32.2. The first-order valence-corrected chi connectivity index (χ1v) is 7.67. The topological polar surface area (TPSA) is 67.4 Å². The van der Waals surface area contributed by atoms with E-state index in [0.29, 0.717) is 22.8 Å². The minimum Gasteiger partial charge on any atom is -0.496 e. The molecule has 2 aromatic carbocycles. The third-order valence-corrected chi connectivity index (χ3v) is 4.30. The number of thioether (sulfide) groups is 1. The fourth-order valence-corrected chi connectivity index (χ4v) is 2.98. The van der Waals surface area contributed by atoms with Gasteiger partial charge in [0.2, 0.25) is 5.91 Å². The molecule has 1 aliphatic rings. The number of carbonyl (C=O) groups excluding carboxylic acids is 2. The Kier molecular flexibility index (Phi) is 4.02. The molecule has 2 N–H and O–H groups in total. The van der Waals surface area contributed by atoms with Crippen LogP contribution in [-0.4, -0.2) is 24.7 Å². The van der Waals surface area contributed by atoms with Crippen LogP contribution in [0.4, 0.5) is 11.4 Å². The van der Waals surface area contributed by atoms with E-state index in [4.69, 9.17) is 4.74 Å². The molecule has 0 aromatic heterocycles. The smallest absolute Gasteiger partial charge is 0.259 e. The molecule has 0 saturated heterocycles. The first kappa shape index (κ1) is 14.5. The summed E-state index contributed by atoms with van der Waals surface area (Å²) < 4.78 is 5.19. The molecule has 0 atom stereocenters. The summed E-state index contributed by atoms with van der Waals surface area (Å²) in [7, 11) is 1.53. The molecule has 0 saturated carbocycles. The van der Waals surface area contributed by atoms with E-state index in [1.54, 1.807) is 30.3 Å². The molecular weight excluding hydrogens is 300 g/mol. The first-order chi connectivity index (χ1) is 10.7. The van der Waals surface area contributed by atoms with Gasteiger partial charge in [0, 0.05) is 10.6 Å². The van der Waals surface area contributed by atoms with E-state index in [1.807, 2.05) is 12.1 Å². The molecule has 5 nitrogen and oxygen atoms in total. The summed E-state index contributed by atoms with van der Waals surface area (Å²) in [6, 6.07) is 12.5. The molecule has 22 heavy (non-hydrogen) atoms. The minimum atomic E-state index is -0.257. The lowest BCUT2D eigenvalue weighted by molar-refractivity contribution is -0.113. The molecule has 1 heterocycles. The van der Waals surface area contributed by atoms with Gasteiger partial charge in [0.25, 0.3) is 5.91 Å². The Labute approximate surface area is 132 Å². The molecule has 2 amide bonds. The van der Waals surface area contributed by atoms with Crippen LogP contribution in [0.1, 0.15) is 10.4 Å². The van der Waals surface area contributed by atoms with Crippen LogP contribution in [0.25, 0.3) is 0 Å². The van der Waals surface area contributed by atoms with Crippen molar-refractivity contribution in [1.29, 1.82) is 0 Å². The van der Waals surface area contributed by atoms with Crippen LogP contribution in [0.5, 0.6) is 5.75 Å². The molecule has 0 aliphatic carbocycles. The highest BCUT2D eigenvalue weighted by Crippen LogP contribution is 2.33. The molecule has 3 rings (SSSR count). The number of para-hydroxylation sites is 1. The summed E-state index contributed by atoms with van der Waals surface area (Å²) in [6.07, 6.45) is 0. The second-order valence-corrected chi connectivity index (χ2v) is 5.72. The molecule has 0 radical (unpaired) electrons. The number of hydrogen-bond acceptors (Lipinski definition) is 4. The van der Waals surface area contributed by atoms with Crippen LogP contribution in [-0.2, 0) is 4.79 Å². The van der Waals surface area contributed by atoms with Crippen molar-refractivity contribution in [1.82, 2.24) is 0 Å². The van der Waals surface area contributed by atoms with E-state index in [-0.39, 0.29) is 11.8 Å². The number of benzene rings is 2. The van der Waals surface area contributed by atoms with Crippen LogP contribution < -0.4 is 15.4 Å². The highest BCUT2D eigenvalue weighted by molar-refractivity contribution is 8.00. The Morgan fingerprint density at radius 1 is 1.27 bits per heavy atom. The van der Waals surface area contributed by atoms with Gasteiger partial charge in [0.05, 0.1) is 24.1 Å². The maximum Gasteiger partial charge on any atom is 0.259 e. The average Bonchev–Trinajstić information content (AvgIpc) is 2.54. The van der Waals surface area contributed by atoms with Gasteiger partial charge in [-0.2, -0.15) is 0 Å². The number of carbonyl (C=O) groups is 2. The van der Waals surface area contributed by atoms with Crippen molar-refractivity contribution in [3.05, 3.63) is 48.0 Å². The summed E-state index contributed by atoms with van der Waals surface area (Å²) in [5.41, 5.74) is 1.80. The van der Waals surface area contributed by atoms with Gasteiger partial charge >= 0.3 is 0 Å². The van der Waals surface area contributed by atoms with Crippen LogP contribution in [0.2, 0.25) is 0 Å². The van der Waals surface area contributed by atoms with E-state index in [2.05, 4.69) is 10.6 Å². The van der Waals surface area contributed by atoms with Crippen LogP contribution in [0.15, 0.2) is 47.4 Å². The predicted octanol–water partition coefficient (Wildman–Crippen LogP) is 2.99. The largest absolute Gasteiger partial charge is 0.496 e. The molecule has 0 fully saturated rings. The number of anilines is 2. The molecule has 0 bridgehead atoms. The van der Waals surface area contributed by atoms with Gasteiger partial charge in [0.1, 0.15) is 5.75 Å². The summed E-state index contributed by atoms with van der Waals surface area (Å²) in [4.78, 5) is 24.8. The van der Waals surface area contributed by atoms with Crippen molar-refractivity contribution in [2.45, 2.75) is 4.90 Å². The van der Waals surface area contributed by atoms with Gasteiger partial charge in [-0.15, -0.1) is 11.8 Å². The molecule has 2 aromatic rings. The normalized spacial score (nSPS) is 13.0. The van der Waals surface area contributed by atoms with Crippen molar-refractivity contribution in [2.24, 2.45) is 0 Å². The Hall–Kier alpha value is -2.47. The third-order valence-electron chi connectivity index (χ3n) is 3.22. The van der Waals surface area contributed by atoms with Crippen molar-refractivity contribution in [3.63, 3.8) is 0 Å². The maximum atomic E-state index is 12.3. The van der Waals surface area contributed by atoms with Gasteiger partial charge in [-0.1, -0.05) is 12.1 Å². The fraction of sp³-hybridized carbons (Fsp3) is 0.125. The second-order valence-electron chi connectivity index (χ2n) is 4.70. The SMILES string of the molecule is COc1ccccc1C(=O)Nc1ccc2c(c1)NC(=O)CS2. The van der Waals surface area contributed by atoms with Gasteiger partial charge in [0.15, 0.2) is 0 Å². The van der Waals surface area contributed by atoms with Crippen molar-refractivity contribution in [2.75, 3.05) is 23.5 Å². The predicted molar refractivity (Wildman–Crippen MR) is 86.7 cm³/mol. The lowest BCUT2D eigenvalue weighted by Gasteiger charge is -2.17. The Balaban J connectivity index is 1.82. The molecule has 0 unspecified atom stereocenters. The van der Waals surface area contributed by atoms with E-state index in [0.717, 1.165) is 10.6 Å². The van der Waals surface area contributed by atoms with Gasteiger partial charge in [-0.25, -0.2) is 0 Å². The number of hydrogen-bond donors (Lipinski definition) is 2. The Morgan fingerprint density at radius 3 is 2.91 bits per heavy atom. The van der Waals surface area contributed by atoms with Crippen molar-refractivity contribution in [3.8, 4) is 5.75 Å². The molecule has 0 spiro atoms. The number of nitrogens with one attached hydrogen (secondary N) is 2. The number of fused-ring (bicyclic) bond motifs is 1. The standard InChI is InChI=1S/C16H14N2O3S/c1-21-13-5-3-2-4-11(13)16(20)17-10-6-7-14-12(8-10)18-15(19)9-22-14/h2-8H,9H2,1H3,(H,17,20)(H,18,19). The molecular formula is C16H14N2O3S. The van der Waals surface area contributed by atoms with E-state index in [9.17, 15) is 9.59 Å². The number of rotatable bonds is 3. The van der Waals surface area contributed by atoms with E-state index in [1.165, 1.54) is 18.9 Å². The number of methoxy groups -OCH3 is 1. The third kappa shape index (κ3) is 2.92. The monoisotopic (exact) mass is 314 g/mol. The summed E-state index contributed by atoms with van der Waals surface area (Å²) in [5, 5.41) is 5.62. The average molecular weight is 314 g/mol. The number of amides is 2. The van der Waals surface area contributed by atoms with Gasteiger partial charge in [-0.3, -0.25) is 9.59 Å². The Bertz CT molecular complexity index is 746. The summed E-state index contributed by atoms with van der Waals surface area (Å²) >= 11 is 1.48. The van der Waals surface area contributed by atoms with Crippen molar-refractivity contribution >= 4 is 35.0 Å². The fourth-order valence-electron chi connectivity index (χ4n) is 2.19.